The van der Waals surface area contributed by atoms with Gasteiger partial charge in [0.1, 0.15) is 5.82 Å². The van der Waals surface area contributed by atoms with Crippen LogP contribution in [0.4, 0.5) is 10.1 Å². The Morgan fingerprint density at radius 1 is 1.19 bits per heavy atom. The van der Waals surface area contributed by atoms with Crippen LogP contribution in [-0.2, 0) is 16.1 Å². The molecule has 144 valence electrons. The highest BCUT2D eigenvalue weighted by Crippen LogP contribution is 2.21. The molecule has 27 heavy (non-hydrogen) atoms. The molecule has 0 aliphatic rings. The van der Waals surface area contributed by atoms with Gasteiger partial charge in [-0.2, -0.15) is 0 Å². The largest absolute Gasteiger partial charge is 0.383 e. The number of ether oxygens (including phenoxy) is 1. The molecular weight excluding hydrogens is 373 g/mol. The second-order valence-electron chi connectivity index (χ2n) is 5.69. The van der Waals surface area contributed by atoms with Gasteiger partial charge >= 0.3 is 0 Å². The maximum Gasteiger partial charge on any atom is 0.253 e. The lowest BCUT2D eigenvalue weighted by Gasteiger charge is -2.11. The molecule has 0 aliphatic carbocycles. The summed E-state index contributed by atoms with van der Waals surface area (Å²) in [6.45, 7) is 1.19. The van der Waals surface area contributed by atoms with E-state index in [1.165, 1.54) is 18.2 Å². The number of anilines is 1. The number of carbonyl (C=O) groups excluding carboxylic acids is 2. The van der Waals surface area contributed by atoms with Gasteiger partial charge in [0.05, 0.1) is 23.7 Å². The fourth-order valence-electron chi connectivity index (χ4n) is 2.27. The molecule has 6 nitrogen and oxygen atoms in total. The van der Waals surface area contributed by atoms with E-state index >= 15 is 0 Å². The van der Waals surface area contributed by atoms with Gasteiger partial charge in [-0.05, 0) is 24.3 Å². The Labute approximate surface area is 162 Å². The smallest absolute Gasteiger partial charge is 0.253 e. The summed E-state index contributed by atoms with van der Waals surface area (Å²) in [7, 11) is 1.58. The van der Waals surface area contributed by atoms with E-state index in [-0.39, 0.29) is 29.6 Å². The van der Waals surface area contributed by atoms with Crippen molar-refractivity contribution in [2.24, 2.45) is 0 Å². The van der Waals surface area contributed by atoms with E-state index < -0.39 is 11.7 Å². The highest BCUT2D eigenvalue weighted by molar-refractivity contribution is 6.34. The molecule has 2 aromatic carbocycles. The Morgan fingerprint density at radius 3 is 2.70 bits per heavy atom. The molecule has 0 aliphatic heterocycles. The maximum atomic E-state index is 13.6. The quantitative estimate of drug-likeness (QED) is 0.572. The van der Waals surface area contributed by atoms with E-state index in [4.69, 9.17) is 16.3 Å². The molecule has 0 fully saturated rings. The van der Waals surface area contributed by atoms with Crippen molar-refractivity contribution in [3.8, 4) is 0 Å². The fraction of sp³-hybridized carbons (Fsp3) is 0.263. The molecule has 0 aromatic heterocycles. The molecule has 0 atom stereocenters. The van der Waals surface area contributed by atoms with Crippen LogP contribution in [0.25, 0.3) is 0 Å². The monoisotopic (exact) mass is 393 g/mol. The molecule has 2 amide bonds. The third-order valence-corrected chi connectivity index (χ3v) is 3.99. The predicted octanol–water partition coefficient (Wildman–Crippen LogP) is 2.58. The van der Waals surface area contributed by atoms with Gasteiger partial charge in [-0.3, -0.25) is 9.59 Å². The Bertz CT molecular complexity index is 802. The number of hydrogen-bond acceptors (Lipinski definition) is 4. The van der Waals surface area contributed by atoms with Gasteiger partial charge < -0.3 is 20.7 Å². The van der Waals surface area contributed by atoms with E-state index in [1.807, 2.05) is 0 Å². The Kier molecular flexibility index (Phi) is 8.19. The van der Waals surface area contributed by atoms with Gasteiger partial charge in [0.15, 0.2) is 0 Å². The van der Waals surface area contributed by atoms with E-state index in [0.717, 1.165) is 0 Å². The van der Waals surface area contributed by atoms with Gasteiger partial charge in [0.25, 0.3) is 5.91 Å². The molecular formula is C19H21ClFN3O3. The average molecular weight is 394 g/mol. The molecule has 2 rings (SSSR count). The van der Waals surface area contributed by atoms with Crippen LogP contribution in [0.5, 0.6) is 0 Å². The first-order valence-electron chi connectivity index (χ1n) is 8.32. The number of halogens is 2. The topological polar surface area (TPSA) is 79.5 Å². The highest BCUT2D eigenvalue weighted by atomic mass is 35.5. The van der Waals surface area contributed by atoms with Crippen molar-refractivity contribution >= 4 is 29.1 Å². The SMILES string of the molecule is COCCNCC(=O)Nc1ccc(Cl)c(C(=O)NCc2ccccc2F)c1. The molecule has 0 radical (unpaired) electrons. The van der Waals surface area contributed by atoms with E-state index in [0.29, 0.717) is 24.4 Å². The van der Waals surface area contributed by atoms with Gasteiger partial charge in [0, 0.05) is 31.5 Å². The van der Waals surface area contributed by atoms with Crippen LogP contribution in [0.2, 0.25) is 5.02 Å². The number of methoxy groups -OCH3 is 1. The first-order valence-corrected chi connectivity index (χ1v) is 8.69. The summed E-state index contributed by atoms with van der Waals surface area (Å²) in [6, 6.07) is 10.8. The first-order chi connectivity index (χ1) is 13.0. The number of carbonyl (C=O) groups is 2. The van der Waals surface area contributed by atoms with Crippen LogP contribution in [0, 0.1) is 5.82 Å². The van der Waals surface area contributed by atoms with Gasteiger partial charge in [-0.1, -0.05) is 29.8 Å². The van der Waals surface area contributed by atoms with Crippen molar-refractivity contribution in [1.29, 1.82) is 0 Å². The number of amides is 2. The van der Waals surface area contributed by atoms with E-state index in [1.54, 1.807) is 31.4 Å². The normalized spacial score (nSPS) is 10.5. The fourth-order valence-corrected chi connectivity index (χ4v) is 2.47. The van der Waals surface area contributed by atoms with Crippen molar-refractivity contribution in [3.63, 3.8) is 0 Å². The zero-order chi connectivity index (χ0) is 19.6. The minimum absolute atomic E-state index is 0.0296. The summed E-state index contributed by atoms with van der Waals surface area (Å²) in [5.41, 5.74) is 1.00. The lowest BCUT2D eigenvalue weighted by Crippen LogP contribution is -2.30. The summed E-state index contributed by atoms with van der Waals surface area (Å²) >= 11 is 6.09. The van der Waals surface area contributed by atoms with Crippen molar-refractivity contribution in [2.75, 3.05) is 32.1 Å². The summed E-state index contributed by atoms with van der Waals surface area (Å²) in [5, 5.41) is 8.46. The number of nitrogens with one attached hydrogen (secondary N) is 3. The van der Waals surface area contributed by atoms with Crippen LogP contribution < -0.4 is 16.0 Å². The molecule has 2 aromatic rings. The standard InChI is InChI=1S/C19H21ClFN3O3/c1-27-9-8-22-12-18(25)24-14-6-7-16(20)15(10-14)19(26)23-11-13-4-2-3-5-17(13)21/h2-7,10,22H,8-9,11-12H2,1H3,(H,23,26)(H,24,25). The molecule has 0 heterocycles. The van der Waals surface area contributed by atoms with Gasteiger partial charge in [0.2, 0.25) is 5.91 Å². The maximum absolute atomic E-state index is 13.6. The molecule has 0 spiro atoms. The predicted molar refractivity (Wildman–Crippen MR) is 102 cm³/mol. The molecule has 0 unspecified atom stereocenters. The summed E-state index contributed by atoms with van der Waals surface area (Å²) in [4.78, 5) is 24.3. The lowest BCUT2D eigenvalue weighted by molar-refractivity contribution is -0.115. The lowest BCUT2D eigenvalue weighted by atomic mass is 10.1. The first kappa shape index (κ1) is 20.8. The minimum atomic E-state index is -0.461. The van der Waals surface area contributed by atoms with E-state index in [2.05, 4.69) is 16.0 Å². The zero-order valence-corrected chi connectivity index (χ0v) is 15.6. The molecule has 8 heteroatoms. The number of hydrogen-bond donors (Lipinski definition) is 3. The van der Waals surface area contributed by atoms with Crippen molar-refractivity contribution in [3.05, 3.63) is 64.4 Å². The zero-order valence-electron chi connectivity index (χ0n) is 14.9. The number of rotatable bonds is 9. The van der Waals surface area contributed by atoms with Crippen LogP contribution in [0.3, 0.4) is 0 Å². The van der Waals surface area contributed by atoms with Crippen molar-refractivity contribution in [2.45, 2.75) is 6.54 Å². The van der Waals surface area contributed by atoms with Gasteiger partial charge in [-0.15, -0.1) is 0 Å². The third-order valence-electron chi connectivity index (χ3n) is 3.66. The summed E-state index contributed by atoms with van der Waals surface area (Å²) in [5.74, 6) is -1.12. The second kappa shape index (κ2) is 10.6. The Balaban J connectivity index is 1.96. The second-order valence-corrected chi connectivity index (χ2v) is 6.09. The van der Waals surface area contributed by atoms with Crippen LogP contribution in [0.15, 0.2) is 42.5 Å². The van der Waals surface area contributed by atoms with Gasteiger partial charge in [-0.25, -0.2) is 4.39 Å². The van der Waals surface area contributed by atoms with Crippen LogP contribution in [-0.4, -0.2) is 38.6 Å². The minimum Gasteiger partial charge on any atom is -0.383 e. The van der Waals surface area contributed by atoms with Crippen molar-refractivity contribution in [1.82, 2.24) is 10.6 Å². The van der Waals surface area contributed by atoms with Crippen molar-refractivity contribution < 1.29 is 18.7 Å². The Morgan fingerprint density at radius 2 is 1.96 bits per heavy atom. The van der Waals surface area contributed by atoms with Crippen LogP contribution in [0.1, 0.15) is 15.9 Å². The molecule has 3 N–H and O–H groups in total. The highest BCUT2D eigenvalue weighted by Gasteiger charge is 2.13. The molecule has 0 saturated carbocycles. The summed E-state index contributed by atoms with van der Waals surface area (Å²) < 4.78 is 18.5. The van der Waals surface area contributed by atoms with Crippen LogP contribution >= 0.6 is 11.6 Å². The summed E-state index contributed by atoms with van der Waals surface area (Å²) in [6.07, 6.45) is 0. The molecule has 0 saturated heterocycles. The number of benzene rings is 2. The average Bonchev–Trinajstić information content (AvgIpc) is 2.66. The van der Waals surface area contributed by atoms with E-state index in [9.17, 15) is 14.0 Å². The third kappa shape index (κ3) is 6.63. The molecule has 0 bridgehead atoms. The Hall–Kier alpha value is -2.48.